The van der Waals surface area contributed by atoms with Gasteiger partial charge in [0.05, 0.1) is 0 Å². The Balaban J connectivity index is 2.33. The number of anilines is 1. The molecular formula is C11H4BrCl2F2N3O. The van der Waals surface area contributed by atoms with Crippen LogP contribution >= 0.6 is 39.1 Å². The van der Waals surface area contributed by atoms with Crippen molar-refractivity contribution in [1.29, 1.82) is 0 Å². The van der Waals surface area contributed by atoms with E-state index in [-0.39, 0.29) is 20.7 Å². The SMILES string of the molecule is O=C(Nc1cc(Cl)nc(Cl)n1)c1c(F)cc(Br)cc1F. The van der Waals surface area contributed by atoms with Crippen LogP contribution in [0.15, 0.2) is 22.7 Å². The molecule has 9 heteroatoms. The summed E-state index contributed by atoms with van der Waals surface area (Å²) in [5.74, 6) is -3.11. The lowest BCUT2D eigenvalue weighted by Crippen LogP contribution is -2.17. The molecule has 20 heavy (non-hydrogen) atoms. The van der Waals surface area contributed by atoms with Crippen molar-refractivity contribution in [3.63, 3.8) is 0 Å². The van der Waals surface area contributed by atoms with E-state index in [0.717, 1.165) is 12.1 Å². The number of halogens is 5. The third-order valence-electron chi connectivity index (χ3n) is 2.14. The van der Waals surface area contributed by atoms with Crippen LogP contribution in [0, 0.1) is 11.6 Å². The number of amides is 1. The number of carbonyl (C=O) groups excluding carboxylic acids is 1. The predicted octanol–water partition coefficient (Wildman–Crippen LogP) is 4.08. The second-order valence-corrected chi connectivity index (χ2v) is 5.18. The van der Waals surface area contributed by atoms with Crippen molar-refractivity contribution in [3.8, 4) is 0 Å². The fourth-order valence-corrected chi connectivity index (χ4v) is 2.20. The summed E-state index contributed by atoms with van der Waals surface area (Å²) in [6, 6.07) is 3.13. The van der Waals surface area contributed by atoms with E-state index in [1.807, 2.05) is 0 Å². The number of hydrogen-bond acceptors (Lipinski definition) is 3. The molecular weight excluding hydrogens is 379 g/mol. The molecule has 0 saturated carbocycles. The molecule has 0 spiro atoms. The van der Waals surface area contributed by atoms with Gasteiger partial charge in [0.2, 0.25) is 5.28 Å². The number of hydrogen-bond donors (Lipinski definition) is 1. The highest BCUT2D eigenvalue weighted by Gasteiger charge is 2.19. The standard InChI is InChI=1S/C11H4BrCl2F2N3O/c12-4-1-5(15)9(6(16)2-4)10(20)18-8-3-7(13)17-11(14)19-8/h1-3H,(H,17,18,19,20). The van der Waals surface area contributed by atoms with E-state index in [0.29, 0.717) is 0 Å². The molecule has 0 bridgehead atoms. The summed E-state index contributed by atoms with van der Waals surface area (Å²) >= 11 is 14.1. The first-order chi connectivity index (χ1) is 9.36. The summed E-state index contributed by atoms with van der Waals surface area (Å²) in [5.41, 5.74) is -0.737. The van der Waals surface area contributed by atoms with Crippen LogP contribution in [0.4, 0.5) is 14.6 Å². The van der Waals surface area contributed by atoms with Gasteiger partial charge >= 0.3 is 0 Å². The van der Waals surface area contributed by atoms with E-state index >= 15 is 0 Å². The molecule has 104 valence electrons. The summed E-state index contributed by atoms with van der Waals surface area (Å²) in [7, 11) is 0. The second kappa shape index (κ2) is 5.99. The topological polar surface area (TPSA) is 54.9 Å². The molecule has 0 fully saturated rings. The molecule has 1 amide bonds. The molecule has 2 rings (SSSR count). The van der Waals surface area contributed by atoms with Gasteiger partial charge in [0, 0.05) is 10.5 Å². The molecule has 0 saturated heterocycles. The summed E-state index contributed by atoms with van der Waals surface area (Å²) < 4.78 is 27.4. The van der Waals surface area contributed by atoms with E-state index in [1.54, 1.807) is 0 Å². The van der Waals surface area contributed by atoms with Crippen LogP contribution in [0.1, 0.15) is 10.4 Å². The first kappa shape index (κ1) is 15.1. The van der Waals surface area contributed by atoms with E-state index in [9.17, 15) is 13.6 Å². The minimum Gasteiger partial charge on any atom is -0.306 e. The molecule has 1 aromatic carbocycles. The summed E-state index contributed by atoms with van der Waals surface area (Å²) in [4.78, 5) is 19.1. The fraction of sp³-hybridized carbons (Fsp3) is 0. The van der Waals surface area contributed by atoms with Crippen molar-refractivity contribution in [2.75, 3.05) is 5.32 Å². The maximum absolute atomic E-state index is 13.6. The van der Waals surface area contributed by atoms with Crippen LogP contribution in [-0.4, -0.2) is 15.9 Å². The molecule has 2 aromatic rings. The Labute approximate surface area is 130 Å². The summed E-state index contributed by atoms with van der Waals surface area (Å²) in [6.07, 6.45) is 0. The highest BCUT2D eigenvalue weighted by atomic mass is 79.9. The quantitative estimate of drug-likeness (QED) is 0.629. The van der Waals surface area contributed by atoms with Gasteiger partial charge in [-0.05, 0) is 23.7 Å². The van der Waals surface area contributed by atoms with Crippen LogP contribution in [0.3, 0.4) is 0 Å². The number of benzene rings is 1. The highest BCUT2D eigenvalue weighted by Crippen LogP contribution is 2.21. The fourth-order valence-electron chi connectivity index (χ4n) is 1.39. The molecule has 0 aliphatic heterocycles. The van der Waals surface area contributed by atoms with Crippen molar-refractivity contribution in [2.45, 2.75) is 0 Å². The second-order valence-electron chi connectivity index (χ2n) is 3.54. The molecule has 0 aliphatic carbocycles. The van der Waals surface area contributed by atoms with Crippen LogP contribution < -0.4 is 5.32 Å². The number of aromatic nitrogens is 2. The van der Waals surface area contributed by atoms with Crippen molar-refractivity contribution in [2.24, 2.45) is 0 Å². The average molecular weight is 383 g/mol. The van der Waals surface area contributed by atoms with E-state index in [4.69, 9.17) is 23.2 Å². The van der Waals surface area contributed by atoms with Gasteiger partial charge in [-0.25, -0.2) is 18.7 Å². The Bertz CT molecular complexity index is 656. The van der Waals surface area contributed by atoms with Crippen LogP contribution in [0.5, 0.6) is 0 Å². The third kappa shape index (κ3) is 3.41. The Kier molecular flexibility index (Phi) is 4.52. The molecule has 4 nitrogen and oxygen atoms in total. The highest BCUT2D eigenvalue weighted by molar-refractivity contribution is 9.10. The maximum Gasteiger partial charge on any atom is 0.262 e. The summed E-state index contributed by atoms with van der Waals surface area (Å²) in [5, 5.41) is 1.97. The molecule has 0 radical (unpaired) electrons. The van der Waals surface area contributed by atoms with Gasteiger partial charge in [-0.2, -0.15) is 0 Å². The van der Waals surface area contributed by atoms with Gasteiger partial charge in [-0.1, -0.05) is 27.5 Å². The van der Waals surface area contributed by atoms with Crippen LogP contribution in [0.2, 0.25) is 10.4 Å². The zero-order chi connectivity index (χ0) is 14.9. The first-order valence-corrected chi connectivity index (χ1v) is 6.57. The van der Waals surface area contributed by atoms with Gasteiger partial charge < -0.3 is 5.32 Å². The monoisotopic (exact) mass is 381 g/mol. The Morgan fingerprint density at radius 3 is 2.30 bits per heavy atom. The van der Waals surface area contributed by atoms with Gasteiger partial charge in [0.1, 0.15) is 28.2 Å². The predicted molar refractivity (Wildman–Crippen MR) is 74.1 cm³/mol. The Morgan fingerprint density at radius 2 is 1.75 bits per heavy atom. The summed E-state index contributed by atoms with van der Waals surface area (Å²) in [6.45, 7) is 0. The van der Waals surface area contributed by atoms with E-state index in [1.165, 1.54) is 6.07 Å². The lowest BCUT2D eigenvalue weighted by Gasteiger charge is -2.07. The number of carbonyl (C=O) groups is 1. The van der Waals surface area contributed by atoms with Gasteiger partial charge in [-0.15, -0.1) is 0 Å². The molecule has 0 aliphatic rings. The molecule has 1 aromatic heterocycles. The van der Waals surface area contributed by atoms with Gasteiger partial charge in [-0.3, -0.25) is 4.79 Å². The van der Waals surface area contributed by atoms with Gasteiger partial charge in [0.25, 0.3) is 5.91 Å². The minimum atomic E-state index is -1.02. The molecule has 0 unspecified atom stereocenters. The van der Waals surface area contributed by atoms with Gasteiger partial charge in [0.15, 0.2) is 0 Å². The molecule has 0 atom stereocenters. The third-order valence-corrected chi connectivity index (χ3v) is 2.96. The lowest BCUT2D eigenvalue weighted by molar-refractivity contribution is 0.101. The Hall–Kier alpha value is -1.31. The number of nitrogens with one attached hydrogen (secondary N) is 1. The van der Waals surface area contributed by atoms with Crippen LogP contribution in [0.25, 0.3) is 0 Å². The largest absolute Gasteiger partial charge is 0.306 e. The van der Waals surface area contributed by atoms with Crippen molar-refractivity contribution in [3.05, 3.63) is 50.3 Å². The van der Waals surface area contributed by atoms with Crippen molar-refractivity contribution >= 4 is 50.9 Å². The maximum atomic E-state index is 13.6. The number of rotatable bonds is 2. The smallest absolute Gasteiger partial charge is 0.262 e. The van der Waals surface area contributed by atoms with E-state index < -0.39 is 23.1 Å². The minimum absolute atomic E-state index is 0.0166. The van der Waals surface area contributed by atoms with Crippen molar-refractivity contribution in [1.82, 2.24) is 9.97 Å². The average Bonchev–Trinajstić information content (AvgIpc) is 2.25. The number of nitrogens with zero attached hydrogens (tertiary/aromatic N) is 2. The normalized spacial score (nSPS) is 10.4. The molecule has 1 N–H and O–H groups in total. The zero-order valence-electron chi connectivity index (χ0n) is 9.42. The van der Waals surface area contributed by atoms with Crippen LogP contribution in [-0.2, 0) is 0 Å². The van der Waals surface area contributed by atoms with Crippen molar-refractivity contribution < 1.29 is 13.6 Å². The zero-order valence-corrected chi connectivity index (χ0v) is 12.5. The Morgan fingerprint density at radius 1 is 1.15 bits per heavy atom. The van der Waals surface area contributed by atoms with E-state index in [2.05, 4.69) is 31.2 Å². The first-order valence-electron chi connectivity index (χ1n) is 5.03. The lowest BCUT2D eigenvalue weighted by atomic mass is 10.2. The molecule has 1 heterocycles.